The molecule has 0 bridgehead atoms. The molecule has 2 N–H and O–H groups in total. The van der Waals surface area contributed by atoms with Gasteiger partial charge in [-0.25, -0.2) is 9.59 Å². The van der Waals surface area contributed by atoms with Crippen molar-refractivity contribution in [1.29, 1.82) is 0 Å². The van der Waals surface area contributed by atoms with Gasteiger partial charge in [0.1, 0.15) is 47.8 Å². The number of carbonyl (C=O) groups excluding carboxylic acids is 4. The third-order valence-corrected chi connectivity index (χ3v) is 4.00. The van der Waals surface area contributed by atoms with E-state index in [0.717, 1.165) is 0 Å². The summed E-state index contributed by atoms with van der Waals surface area (Å²) in [5.74, 6) is -1.95. The fraction of sp³-hybridized carbons (Fsp3) is 0.750. The summed E-state index contributed by atoms with van der Waals surface area (Å²) < 4.78 is 9.35. The van der Waals surface area contributed by atoms with Crippen molar-refractivity contribution in [1.82, 2.24) is 10.6 Å². The molecule has 0 aliphatic heterocycles. The standard InChI is InChI=1S/C16H30B3BrN2O6/c1-13(2,21-9(23)15(5,17)18)11(25)27-7-8-28-12(26)14(3,4)22-10(24)16(6,19)20/h7-8,17-19H2,1-6H3,(H,21,23)(H,22,24). The molecule has 0 aliphatic rings. The Morgan fingerprint density at radius 1 is 0.750 bits per heavy atom. The number of hydrogen-bond acceptors (Lipinski definition) is 6. The molecule has 1 unspecified atom stereocenters. The molecule has 28 heavy (non-hydrogen) atoms. The first kappa shape index (κ1) is 26.6. The highest BCUT2D eigenvalue weighted by atomic mass is 79.9. The molecule has 0 aliphatic carbocycles. The van der Waals surface area contributed by atoms with Crippen LogP contribution in [0.25, 0.3) is 0 Å². The van der Waals surface area contributed by atoms with Crippen LogP contribution in [0, 0.1) is 0 Å². The first-order valence-electron chi connectivity index (χ1n) is 8.99. The number of alkyl halides is 1. The van der Waals surface area contributed by atoms with Gasteiger partial charge in [0.05, 0.1) is 4.22 Å². The smallest absolute Gasteiger partial charge is 0.331 e. The molecule has 1 atom stereocenters. The molecule has 0 aromatic carbocycles. The maximum Gasteiger partial charge on any atom is 0.331 e. The van der Waals surface area contributed by atoms with Crippen molar-refractivity contribution < 1.29 is 28.7 Å². The molecule has 8 nitrogen and oxygen atoms in total. The van der Waals surface area contributed by atoms with Crippen molar-refractivity contribution in [2.75, 3.05) is 13.2 Å². The highest BCUT2D eigenvalue weighted by Gasteiger charge is 2.36. The number of carbonyl (C=O) groups is 4. The largest absolute Gasteiger partial charge is 0.460 e. The van der Waals surface area contributed by atoms with Gasteiger partial charge in [0.15, 0.2) is 0 Å². The summed E-state index contributed by atoms with van der Waals surface area (Å²) in [4.78, 5) is 48.4. The Balaban J connectivity index is 4.54. The molecule has 0 radical (unpaired) electrons. The van der Waals surface area contributed by atoms with E-state index in [2.05, 4.69) is 26.6 Å². The normalized spacial score (nSPS) is 14.4. The van der Waals surface area contributed by atoms with Gasteiger partial charge in [0.25, 0.3) is 0 Å². The molecule has 0 aromatic heterocycles. The lowest BCUT2D eigenvalue weighted by molar-refractivity contribution is -0.160. The van der Waals surface area contributed by atoms with Crippen LogP contribution in [0.1, 0.15) is 41.5 Å². The van der Waals surface area contributed by atoms with E-state index in [9.17, 15) is 19.2 Å². The Morgan fingerprint density at radius 3 is 1.36 bits per heavy atom. The summed E-state index contributed by atoms with van der Waals surface area (Å²) in [6, 6.07) is 0. The molecule has 0 saturated carbocycles. The quantitative estimate of drug-likeness (QED) is 0.179. The average molecular weight is 459 g/mol. The van der Waals surface area contributed by atoms with Crippen LogP contribution in [0.2, 0.25) is 5.21 Å². The summed E-state index contributed by atoms with van der Waals surface area (Å²) >= 11 is 3.22. The molecule has 0 rings (SSSR count). The minimum absolute atomic E-state index is 0.173. The van der Waals surface area contributed by atoms with E-state index >= 15 is 0 Å². The zero-order valence-corrected chi connectivity index (χ0v) is 19.8. The van der Waals surface area contributed by atoms with Crippen LogP contribution in [-0.4, -0.2) is 75.8 Å². The fourth-order valence-corrected chi connectivity index (χ4v) is 1.73. The van der Waals surface area contributed by atoms with Crippen molar-refractivity contribution in [3.8, 4) is 0 Å². The minimum Gasteiger partial charge on any atom is -0.460 e. The predicted octanol–water partition coefficient (Wildman–Crippen LogP) is -1.99. The molecule has 0 aromatic rings. The zero-order valence-electron chi connectivity index (χ0n) is 18.2. The highest BCUT2D eigenvalue weighted by Crippen LogP contribution is 2.17. The van der Waals surface area contributed by atoms with Crippen LogP contribution < -0.4 is 10.6 Å². The van der Waals surface area contributed by atoms with E-state index in [-0.39, 0.29) is 25.0 Å². The zero-order chi connectivity index (χ0) is 22.6. The van der Waals surface area contributed by atoms with Crippen LogP contribution in [-0.2, 0) is 28.7 Å². The van der Waals surface area contributed by atoms with E-state index in [4.69, 9.17) is 9.47 Å². The number of amides is 2. The van der Waals surface area contributed by atoms with Crippen molar-refractivity contribution in [2.24, 2.45) is 0 Å². The van der Waals surface area contributed by atoms with Gasteiger partial charge in [-0.2, -0.15) is 0 Å². The minimum atomic E-state index is -1.24. The third kappa shape index (κ3) is 8.71. The van der Waals surface area contributed by atoms with Gasteiger partial charge in [0.2, 0.25) is 11.8 Å². The fourth-order valence-electron chi connectivity index (χ4n) is 1.64. The molecule has 2 amide bonds. The predicted molar refractivity (Wildman–Crippen MR) is 118 cm³/mol. The number of halogens is 1. The Labute approximate surface area is 178 Å². The van der Waals surface area contributed by atoms with Crippen LogP contribution in [0.5, 0.6) is 0 Å². The Hall–Kier alpha value is -1.45. The highest BCUT2D eigenvalue weighted by molar-refractivity contribution is 9.10. The van der Waals surface area contributed by atoms with Gasteiger partial charge in [-0.15, -0.1) is 0 Å². The molecule has 0 spiro atoms. The van der Waals surface area contributed by atoms with Gasteiger partial charge in [-0.1, -0.05) is 22.9 Å². The first-order chi connectivity index (χ1) is 12.3. The number of esters is 2. The van der Waals surface area contributed by atoms with Crippen molar-refractivity contribution in [2.45, 2.75) is 62.1 Å². The second kappa shape index (κ2) is 9.37. The summed E-state index contributed by atoms with van der Waals surface area (Å²) in [6.07, 6.45) is 0. The summed E-state index contributed by atoms with van der Waals surface area (Å²) in [7, 11) is 5.13. The lowest BCUT2D eigenvalue weighted by atomic mass is 9.55. The lowest BCUT2D eigenvalue weighted by Crippen LogP contribution is -2.55. The van der Waals surface area contributed by atoms with E-state index in [1.54, 1.807) is 37.4 Å². The monoisotopic (exact) mass is 458 g/mol. The maximum atomic E-state index is 12.2. The van der Waals surface area contributed by atoms with Gasteiger partial charge in [-0.3, -0.25) is 9.59 Å². The number of hydrogen-bond donors (Lipinski definition) is 2. The van der Waals surface area contributed by atoms with Crippen LogP contribution in [0.15, 0.2) is 0 Å². The van der Waals surface area contributed by atoms with Crippen LogP contribution in [0.4, 0.5) is 0 Å². The van der Waals surface area contributed by atoms with Crippen LogP contribution in [0.3, 0.4) is 0 Å². The van der Waals surface area contributed by atoms with Gasteiger partial charge in [-0.05, 0) is 39.8 Å². The molecule has 0 fully saturated rings. The molecule has 12 heteroatoms. The molecule has 156 valence electrons. The van der Waals surface area contributed by atoms with Crippen molar-refractivity contribution in [3.05, 3.63) is 0 Å². The van der Waals surface area contributed by atoms with Gasteiger partial charge >= 0.3 is 11.9 Å². The van der Waals surface area contributed by atoms with Gasteiger partial charge < -0.3 is 20.1 Å². The molecular weight excluding hydrogens is 429 g/mol. The Morgan fingerprint density at radius 2 is 1.07 bits per heavy atom. The second-order valence-electron chi connectivity index (χ2n) is 9.15. The third-order valence-electron chi connectivity index (χ3n) is 3.64. The topological polar surface area (TPSA) is 111 Å². The maximum absolute atomic E-state index is 12.2. The van der Waals surface area contributed by atoms with E-state index in [1.165, 1.54) is 27.7 Å². The Kier molecular flexibility index (Phi) is 8.88. The molecule has 0 saturated heterocycles. The SMILES string of the molecule is BC(B)(C)C(=O)NC(C)(C)C(=O)OCCOC(=O)C(C)(C)NC(=O)C(B)(C)Br. The first-order valence-corrected chi connectivity index (χ1v) is 9.78. The summed E-state index contributed by atoms with van der Waals surface area (Å²) in [5.41, 5.74) is -2.46. The number of ether oxygens (including phenoxy) is 2. The van der Waals surface area contributed by atoms with Gasteiger partial charge in [0, 0.05) is 0 Å². The second-order valence-corrected chi connectivity index (χ2v) is 11.1. The molecular formula is C16H30B3BrN2O6. The average Bonchev–Trinajstić information content (AvgIpc) is 2.48. The van der Waals surface area contributed by atoms with Crippen LogP contribution >= 0.6 is 15.9 Å². The van der Waals surface area contributed by atoms with E-state index < -0.39 is 32.5 Å². The molecule has 0 heterocycles. The van der Waals surface area contributed by atoms with E-state index in [0.29, 0.717) is 0 Å². The number of rotatable bonds is 9. The lowest BCUT2D eigenvalue weighted by Gasteiger charge is -2.29. The van der Waals surface area contributed by atoms with Crippen molar-refractivity contribution in [3.63, 3.8) is 0 Å². The van der Waals surface area contributed by atoms with Crippen molar-refractivity contribution >= 4 is 63.2 Å². The number of nitrogens with one attached hydrogen (secondary N) is 2. The summed E-state index contributed by atoms with van der Waals surface area (Å²) in [6.45, 7) is 9.14. The summed E-state index contributed by atoms with van der Waals surface area (Å²) in [5, 5.41) is 4.58. The Bertz CT molecular complexity index is 573. The van der Waals surface area contributed by atoms with E-state index in [1.807, 2.05) is 0 Å².